The van der Waals surface area contributed by atoms with Gasteiger partial charge in [-0.25, -0.2) is 4.39 Å². The summed E-state index contributed by atoms with van der Waals surface area (Å²) in [4.78, 5) is 1.96. The number of anilines is 1. The molecule has 114 valence electrons. The molecule has 21 heavy (non-hydrogen) atoms. The number of halogens is 1. The van der Waals surface area contributed by atoms with Crippen LogP contribution >= 0.6 is 0 Å². The maximum atomic E-state index is 14.4. The number of rotatable bonds is 7. The van der Waals surface area contributed by atoms with E-state index in [2.05, 4.69) is 0 Å². The largest absolute Gasteiger partial charge is 0.467 e. The van der Waals surface area contributed by atoms with E-state index >= 15 is 0 Å². The van der Waals surface area contributed by atoms with Gasteiger partial charge in [0.1, 0.15) is 11.6 Å². The Balaban J connectivity index is 2.14. The Labute approximate surface area is 125 Å². The molecule has 1 heterocycles. The van der Waals surface area contributed by atoms with E-state index in [9.17, 15) is 4.39 Å². The molecule has 2 rings (SSSR count). The average Bonchev–Trinajstić information content (AvgIpc) is 2.98. The van der Waals surface area contributed by atoms with Crippen LogP contribution in [0.1, 0.15) is 31.6 Å². The molecule has 0 spiro atoms. The van der Waals surface area contributed by atoms with Crippen molar-refractivity contribution in [2.24, 2.45) is 5.73 Å². The average molecular weight is 290 g/mol. The minimum absolute atomic E-state index is 0.0839. The third-order valence-corrected chi connectivity index (χ3v) is 3.68. The monoisotopic (exact) mass is 290 g/mol. The SMILES string of the molecule is CCC(N)Cc1ccc(N(CC)Cc2ccco2)c(F)c1. The first kappa shape index (κ1) is 15.6. The highest BCUT2D eigenvalue weighted by Gasteiger charge is 2.13. The standard InChI is InChI=1S/C17H23FN2O/c1-3-14(19)10-13-7-8-17(16(18)11-13)20(4-2)12-15-6-5-9-21-15/h5-9,11,14H,3-4,10,12,19H2,1-2H3. The van der Waals surface area contributed by atoms with Gasteiger partial charge in [0, 0.05) is 12.6 Å². The molecule has 0 saturated heterocycles. The zero-order valence-electron chi connectivity index (χ0n) is 12.7. The topological polar surface area (TPSA) is 42.4 Å². The van der Waals surface area contributed by atoms with Crippen molar-refractivity contribution in [2.45, 2.75) is 39.3 Å². The van der Waals surface area contributed by atoms with Crippen molar-refractivity contribution in [3.63, 3.8) is 0 Å². The summed E-state index contributed by atoms with van der Waals surface area (Å²) in [7, 11) is 0. The lowest BCUT2D eigenvalue weighted by Gasteiger charge is -2.23. The molecule has 1 unspecified atom stereocenters. The molecule has 0 radical (unpaired) electrons. The van der Waals surface area contributed by atoms with E-state index in [1.807, 2.05) is 43.0 Å². The van der Waals surface area contributed by atoms with E-state index < -0.39 is 0 Å². The summed E-state index contributed by atoms with van der Waals surface area (Å²) < 4.78 is 19.7. The van der Waals surface area contributed by atoms with E-state index in [1.54, 1.807) is 12.3 Å². The van der Waals surface area contributed by atoms with Gasteiger partial charge in [0.05, 0.1) is 18.5 Å². The van der Waals surface area contributed by atoms with Crippen LogP contribution in [-0.4, -0.2) is 12.6 Å². The van der Waals surface area contributed by atoms with E-state index in [-0.39, 0.29) is 11.9 Å². The van der Waals surface area contributed by atoms with E-state index in [1.165, 1.54) is 0 Å². The highest BCUT2D eigenvalue weighted by atomic mass is 19.1. The maximum absolute atomic E-state index is 14.4. The predicted molar refractivity (Wildman–Crippen MR) is 83.8 cm³/mol. The molecular weight excluding hydrogens is 267 g/mol. The summed E-state index contributed by atoms with van der Waals surface area (Å²) in [6.07, 6.45) is 3.23. The lowest BCUT2D eigenvalue weighted by atomic mass is 10.0. The van der Waals surface area contributed by atoms with Gasteiger partial charge in [-0.05, 0) is 49.6 Å². The molecule has 3 nitrogen and oxygen atoms in total. The number of nitrogens with two attached hydrogens (primary N) is 1. The summed E-state index contributed by atoms with van der Waals surface area (Å²) in [6, 6.07) is 9.21. The molecule has 2 aromatic rings. The van der Waals surface area contributed by atoms with Crippen LogP contribution in [0.2, 0.25) is 0 Å². The highest BCUT2D eigenvalue weighted by Crippen LogP contribution is 2.23. The third-order valence-electron chi connectivity index (χ3n) is 3.68. The second-order valence-electron chi connectivity index (χ2n) is 5.25. The summed E-state index contributed by atoms with van der Waals surface area (Å²) in [6.45, 7) is 5.32. The van der Waals surface area contributed by atoms with Crippen LogP contribution in [0.4, 0.5) is 10.1 Å². The summed E-state index contributed by atoms with van der Waals surface area (Å²) >= 11 is 0. The second kappa shape index (κ2) is 7.27. The van der Waals surface area contributed by atoms with Crippen molar-refractivity contribution in [1.82, 2.24) is 0 Å². The van der Waals surface area contributed by atoms with Gasteiger partial charge in [-0.15, -0.1) is 0 Å². The minimum atomic E-state index is -0.204. The zero-order valence-corrected chi connectivity index (χ0v) is 12.7. The van der Waals surface area contributed by atoms with E-state index in [4.69, 9.17) is 10.2 Å². The van der Waals surface area contributed by atoms with Gasteiger partial charge < -0.3 is 15.1 Å². The highest BCUT2D eigenvalue weighted by molar-refractivity contribution is 5.49. The second-order valence-corrected chi connectivity index (χ2v) is 5.25. The predicted octanol–water partition coefficient (Wildman–Crippen LogP) is 3.73. The normalized spacial score (nSPS) is 12.4. The van der Waals surface area contributed by atoms with Crippen LogP contribution in [0.3, 0.4) is 0 Å². The smallest absolute Gasteiger partial charge is 0.146 e. The molecule has 0 aliphatic rings. The lowest BCUT2D eigenvalue weighted by molar-refractivity contribution is 0.501. The van der Waals surface area contributed by atoms with Crippen LogP contribution < -0.4 is 10.6 Å². The van der Waals surface area contributed by atoms with Crippen molar-refractivity contribution < 1.29 is 8.81 Å². The number of hydrogen-bond donors (Lipinski definition) is 1. The first-order valence-corrected chi connectivity index (χ1v) is 7.45. The van der Waals surface area contributed by atoms with Crippen LogP contribution in [0.15, 0.2) is 41.0 Å². The Morgan fingerprint density at radius 3 is 2.67 bits per heavy atom. The van der Waals surface area contributed by atoms with Gasteiger partial charge in [0.25, 0.3) is 0 Å². The Kier molecular flexibility index (Phi) is 5.39. The van der Waals surface area contributed by atoms with E-state index in [0.29, 0.717) is 25.2 Å². The molecule has 0 aliphatic heterocycles. The van der Waals surface area contributed by atoms with Crippen LogP contribution in [0.25, 0.3) is 0 Å². The molecule has 4 heteroatoms. The molecule has 0 bridgehead atoms. The fourth-order valence-corrected chi connectivity index (χ4v) is 2.34. The maximum Gasteiger partial charge on any atom is 0.146 e. The van der Waals surface area contributed by atoms with Crippen molar-refractivity contribution in [3.05, 3.63) is 53.7 Å². The molecule has 2 N–H and O–H groups in total. The van der Waals surface area contributed by atoms with Crippen LogP contribution in [0.5, 0.6) is 0 Å². The molecule has 0 amide bonds. The van der Waals surface area contributed by atoms with E-state index in [0.717, 1.165) is 17.7 Å². The molecule has 1 atom stereocenters. The fraction of sp³-hybridized carbons (Fsp3) is 0.412. The number of hydrogen-bond acceptors (Lipinski definition) is 3. The minimum Gasteiger partial charge on any atom is -0.467 e. The Hall–Kier alpha value is -1.81. The molecule has 1 aromatic heterocycles. The van der Waals surface area contributed by atoms with Crippen molar-refractivity contribution in [2.75, 3.05) is 11.4 Å². The quantitative estimate of drug-likeness (QED) is 0.845. The summed E-state index contributed by atoms with van der Waals surface area (Å²) in [5.41, 5.74) is 7.47. The zero-order chi connectivity index (χ0) is 15.2. The van der Waals surface area contributed by atoms with Crippen molar-refractivity contribution >= 4 is 5.69 Å². The van der Waals surface area contributed by atoms with Gasteiger partial charge in [-0.3, -0.25) is 0 Å². The molecular formula is C17H23FN2O. The third kappa shape index (κ3) is 4.08. The summed E-state index contributed by atoms with van der Waals surface area (Å²) in [5, 5.41) is 0. The first-order valence-electron chi connectivity index (χ1n) is 7.45. The molecule has 1 aromatic carbocycles. The van der Waals surface area contributed by atoms with Crippen LogP contribution in [-0.2, 0) is 13.0 Å². The van der Waals surface area contributed by atoms with Crippen molar-refractivity contribution in [3.8, 4) is 0 Å². The molecule has 0 fully saturated rings. The Morgan fingerprint density at radius 1 is 1.29 bits per heavy atom. The van der Waals surface area contributed by atoms with Gasteiger partial charge in [0.15, 0.2) is 0 Å². The Bertz CT molecular complexity index is 554. The van der Waals surface area contributed by atoms with Crippen LogP contribution in [0, 0.1) is 5.82 Å². The number of nitrogens with zero attached hydrogens (tertiary/aromatic N) is 1. The molecule has 0 aliphatic carbocycles. The molecule has 0 saturated carbocycles. The summed E-state index contributed by atoms with van der Waals surface area (Å²) in [5.74, 6) is 0.623. The van der Waals surface area contributed by atoms with Gasteiger partial charge >= 0.3 is 0 Å². The first-order chi connectivity index (χ1) is 10.1. The number of benzene rings is 1. The lowest BCUT2D eigenvalue weighted by Crippen LogP contribution is -2.24. The van der Waals surface area contributed by atoms with Gasteiger partial charge in [-0.1, -0.05) is 13.0 Å². The Morgan fingerprint density at radius 2 is 2.10 bits per heavy atom. The van der Waals surface area contributed by atoms with Crippen molar-refractivity contribution in [1.29, 1.82) is 0 Å². The number of furan rings is 1. The van der Waals surface area contributed by atoms with Gasteiger partial charge in [0.2, 0.25) is 0 Å². The van der Waals surface area contributed by atoms with Gasteiger partial charge in [-0.2, -0.15) is 0 Å². The fourth-order valence-electron chi connectivity index (χ4n) is 2.34.